The highest BCUT2D eigenvalue weighted by Crippen LogP contribution is 2.10. The zero-order valence-corrected chi connectivity index (χ0v) is 12.1. The third kappa shape index (κ3) is 5.65. The highest BCUT2D eigenvalue weighted by Gasteiger charge is 2.12. The molecule has 0 fully saturated rings. The number of aromatic nitrogens is 2. The van der Waals surface area contributed by atoms with Gasteiger partial charge in [-0.3, -0.25) is 4.68 Å². The van der Waals surface area contributed by atoms with Gasteiger partial charge in [0.25, 0.3) is 0 Å². The minimum atomic E-state index is 0.313. The molecule has 1 aromatic heterocycles. The third-order valence-electron chi connectivity index (χ3n) is 3.24. The van der Waals surface area contributed by atoms with E-state index in [0.717, 1.165) is 25.8 Å². The van der Waals surface area contributed by atoms with E-state index in [4.69, 9.17) is 4.74 Å². The first-order chi connectivity index (χ1) is 8.65. The predicted molar refractivity (Wildman–Crippen MR) is 74.7 cm³/mol. The fraction of sp³-hybridized carbons (Fsp3) is 0.786. The maximum absolute atomic E-state index is 5.36. The first kappa shape index (κ1) is 15.2. The van der Waals surface area contributed by atoms with Crippen LogP contribution in [0.4, 0.5) is 0 Å². The minimum absolute atomic E-state index is 0.313. The van der Waals surface area contributed by atoms with Crippen molar-refractivity contribution >= 4 is 0 Å². The van der Waals surface area contributed by atoms with Gasteiger partial charge in [-0.15, -0.1) is 0 Å². The van der Waals surface area contributed by atoms with E-state index in [-0.39, 0.29) is 0 Å². The number of methoxy groups -OCH3 is 1. The lowest BCUT2D eigenvalue weighted by Crippen LogP contribution is -2.33. The van der Waals surface area contributed by atoms with Gasteiger partial charge in [0.1, 0.15) is 0 Å². The van der Waals surface area contributed by atoms with Crippen molar-refractivity contribution in [1.82, 2.24) is 15.1 Å². The zero-order chi connectivity index (χ0) is 13.4. The van der Waals surface area contributed by atoms with Crippen LogP contribution in [0.1, 0.15) is 38.7 Å². The molecule has 4 nitrogen and oxygen atoms in total. The van der Waals surface area contributed by atoms with Crippen molar-refractivity contribution in [3.05, 3.63) is 18.0 Å². The lowest BCUT2D eigenvalue weighted by molar-refractivity contribution is 0.0993. The van der Waals surface area contributed by atoms with Crippen LogP contribution in [0.15, 0.2) is 12.4 Å². The van der Waals surface area contributed by atoms with Crippen molar-refractivity contribution in [2.45, 2.75) is 51.7 Å². The lowest BCUT2D eigenvalue weighted by atomic mass is 10.0. The molecule has 0 spiro atoms. The van der Waals surface area contributed by atoms with Gasteiger partial charge in [-0.1, -0.05) is 6.92 Å². The molecule has 0 aliphatic heterocycles. The Labute approximate surface area is 111 Å². The number of hydrogen-bond donors (Lipinski definition) is 1. The van der Waals surface area contributed by atoms with Crippen molar-refractivity contribution in [2.75, 3.05) is 13.7 Å². The van der Waals surface area contributed by atoms with Crippen LogP contribution in [0.5, 0.6) is 0 Å². The molecule has 0 saturated carbocycles. The van der Waals surface area contributed by atoms with Gasteiger partial charge in [-0.05, 0) is 44.7 Å². The zero-order valence-electron chi connectivity index (χ0n) is 12.1. The molecule has 2 unspecified atom stereocenters. The molecule has 0 aromatic carbocycles. The van der Waals surface area contributed by atoms with E-state index in [9.17, 15) is 0 Å². The number of ether oxygens (including phenoxy) is 1. The molecule has 0 radical (unpaired) electrons. The van der Waals surface area contributed by atoms with E-state index < -0.39 is 0 Å². The fourth-order valence-corrected chi connectivity index (χ4v) is 2.09. The molecule has 2 atom stereocenters. The summed E-state index contributed by atoms with van der Waals surface area (Å²) in [5.74, 6) is 0. The Balaban J connectivity index is 2.39. The summed E-state index contributed by atoms with van der Waals surface area (Å²) in [6.07, 6.45) is 8.81. The highest BCUT2D eigenvalue weighted by atomic mass is 16.5. The van der Waals surface area contributed by atoms with Gasteiger partial charge in [0.15, 0.2) is 0 Å². The van der Waals surface area contributed by atoms with Crippen molar-refractivity contribution in [2.24, 2.45) is 7.05 Å². The Morgan fingerprint density at radius 3 is 2.83 bits per heavy atom. The van der Waals surface area contributed by atoms with Crippen LogP contribution in [0.25, 0.3) is 0 Å². The van der Waals surface area contributed by atoms with E-state index in [2.05, 4.69) is 30.5 Å². The second-order valence-corrected chi connectivity index (χ2v) is 4.99. The molecular formula is C14H27N3O. The smallest absolute Gasteiger partial charge is 0.0558 e. The van der Waals surface area contributed by atoms with Gasteiger partial charge in [-0.2, -0.15) is 5.10 Å². The van der Waals surface area contributed by atoms with Crippen LogP contribution in [0.3, 0.4) is 0 Å². The summed E-state index contributed by atoms with van der Waals surface area (Å²) in [6, 6.07) is 0.528. The summed E-state index contributed by atoms with van der Waals surface area (Å²) in [7, 11) is 3.74. The normalized spacial score (nSPS) is 14.7. The molecular weight excluding hydrogens is 226 g/mol. The maximum Gasteiger partial charge on any atom is 0.0558 e. The monoisotopic (exact) mass is 253 g/mol. The van der Waals surface area contributed by atoms with Crippen LogP contribution in [0, 0.1) is 0 Å². The van der Waals surface area contributed by atoms with Gasteiger partial charge < -0.3 is 10.1 Å². The average Bonchev–Trinajstić information content (AvgIpc) is 2.78. The first-order valence-electron chi connectivity index (χ1n) is 6.89. The second kappa shape index (κ2) is 8.27. The molecule has 1 N–H and O–H groups in total. The average molecular weight is 253 g/mol. The highest BCUT2D eigenvalue weighted by molar-refractivity contribution is 5.04. The van der Waals surface area contributed by atoms with Gasteiger partial charge >= 0.3 is 0 Å². The Bertz CT molecular complexity index is 325. The van der Waals surface area contributed by atoms with Crippen molar-refractivity contribution in [1.29, 1.82) is 0 Å². The lowest BCUT2D eigenvalue weighted by Gasteiger charge is -2.21. The molecule has 0 aliphatic rings. The van der Waals surface area contributed by atoms with Gasteiger partial charge in [0.05, 0.1) is 12.3 Å². The quantitative estimate of drug-likeness (QED) is 0.733. The number of aryl methyl sites for hydroxylation is 2. The number of hydrogen-bond acceptors (Lipinski definition) is 3. The maximum atomic E-state index is 5.36. The summed E-state index contributed by atoms with van der Waals surface area (Å²) in [5.41, 5.74) is 1.31. The molecule has 0 amide bonds. The summed E-state index contributed by atoms with van der Waals surface area (Å²) >= 11 is 0. The minimum Gasteiger partial charge on any atom is -0.382 e. The predicted octanol–water partition coefficient (Wildman–Crippen LogP) is 2.15. The molecule has 1 rings (SSSR count). The van der Waals surface area contributed by atoms with E-state index in [0.29, 0.717) is 12.1 Å². The summed E-state index contributed by atoms with van der Waals surface area (Å²) in [5, 5.41) is 7.81. The van der Waals surface area contributed by atoms with Crippen LogP contribution in [0.2, 0.25) is 0 Å². The van der Waals surface area contributed by atoms with E-state index in [1.54, 1.807) is 7.11 Å². The number of nitrogens with one attached hydrogen (secondary N) is 1. The molecule has 18 heavy (non-hydrogen) atoms. The fourth-order valence-electron chi connectivity index (χ4n) is 2.09. The van der Waals surface area contributed by atoms with E-state index in [1.165, 1.54) is 12.0 Å². The van der Waals surface area contributed by atoms with Gasteiger partial charge in [0, 0.05) is 26.4 Å². The Hall–Kier alpha value is -0.870. The molecule has 0 saturated heterocycles. The topological polar surface area (TPSA) is 39.1 Å². The molecule has 4 heteroatoms. The van der Waals surface area contributed by atoms with Gasteiger partial charge in [-0.25, -0.2) is 0 Å². The van der Waals surface area contributed by atoms with Crippen molar-refractivity contribution < 1.29 is 4.74 Å². The Morgan fingerprint density at radius 2 is 2.28 bits per heavy atom. The Kier molecular flexibility index (Phi) is 6.98. The molecule has 1 aromatic rings. The SMILES string of the molecule is CCCNC(CCc1cnn(C)c1)CC(C)OC. The first-order valence-corrected chi connectivity index (χ1v) is 6.89. The summed E-state index contributed by atoms with van der Waals surface area (Å²) < 4.78 is 7.22. The van der Waals surface area contributed by atoms with Gasteiger partial charge in [0.2, 0.25) is 0 Å². The molecule has 1 heterocycles. The molecule has 104 valence electrons. The summed E-state index contributed by atoms with van der Waals surface area (Å²) in [6.45, 7) is 5.41. The molecule has 0 aliphatic carbocycles. The van der Waals surface area contributed by atoms with Crippen LogP contribution in [-0.4, -0.2) is 35.6 Å². The largest absolute Gasteiger partial charge is 0.382 e. The van der Waals surface area contributed by atoms with Crippen LogP contribution >= 0.6 is 0 Å². The van der Waals surface area contributed by atoms with Crippen LogP contribution in [-0.2, 0) is 18.2 Å². The van der Waals surface area contributed by atoms with Crippen molar-refractivity contribution in [3.8, 4) is 0 Å². The van der Waals surface area contributed by atoms with Crippen LogP contribution < -0.4 is 5.32 Å². The van der Waals surface area contributed by atoms with E-state index >= 15 is 0 Å². The van der Waals surface area contributed by atoms with Crippen molar-refractivity contribution in [3.63, 3.8) is 0 Å². The number of nitrogens with zero attached hydrogens (tertiary/aromatic N) is 2. The number of rotatable bonds is 9. The third-order valence-corrected chi connectivity index (χ3v) is 3.24. The standard InChI is InChI=1S/C14H27N3O/c1-5-8-15-14(9-12(2)18-4)7-6-13-10-16-17(3)11-13/h10-12,14-15H,5-9H2,1-4H3. The Morgan fingerprint density at radius 1 is 1.50 bits per heavy atom. The summed E-state index contributed by atoms with van der Waals surface area (Å²) in [4.78, 5) is 0. The van der Waals surface area contributed by atoms with E-state index in [1.807, 2.05) is 17.9 Å². The second-order valence-electron chi connectivity index (χ2n) is 4.99. The molecule has 0 bridgehead atoms.